The zero-order chi connectivity index (χ0) is 15.2. The Morgan fingerprint density at radius 1 is 1.19 bits per heavy atom. The quantitative estimate of drug-likeness (QED) is 0.809. The summed E-state index contributed by atoms with van der Waals surface area (Å²) in [5.41, 5.74) is 7.40. The zero-order valence-corrected chi connectivity index (χ0v) is 14.2. The Bertz CT molecular complexity index is 426. The van der Waals surface area contributed by atoms with Crippen molar-refractivity contribution in [2.75, 3.05) is 6.61 Å². The normalized spacial score (nSPS) is 19.4. The highest BCUT2D eigenvalue weighted by molar-refractivity contribution is 6.36. The minimum Gasteiger partial charge on any atom is -0.377 e. The molecule has 2 atom stereocenters. The van der Waals surface area contributed by atoms with Crippen molar-refractivity contribution in [1.82, 2.24) is 0 Å². The second-order valence-corrected chi connectivity index (χ2v) is 6.70. The van der Waals surface area contributed by atoms with Crippen LogP contribution in [0, 0.1) is 5.92 Å². The molecule has 118 valence electrons. The number of hydrogen-bond donors (Lipinski definition) is 1. The molecule has 0 bridgehead atoms. The van der Waals surface area contributed by atoms with Gasteiger partial charge in [-0.1, -0.05) is 48.5 Å². The van der Waals surface area contributed by atoms with Gasteiger partial charge in [-0.05, 0) is 49.8 Å². The summed E-state index contributed by atoms with van der Waals surface area (Å²) in [5, 5.41) is 1.38. The Morgan fingerprint density at radius 3 is 2.38 bits per heavy atom. The second-order valence-electron chi connectivity index (χ2n) is 5.89. The molecule has 2 rings (SSSR count). The molecule has 0 aromatic heterocycles. The van der Waals surface area contributed by atoms with Gasteiger partial charge in [0.15, 0.2) is 0 Å². The van der Waals surface area contributed by atoms with Crippen LogP contribution in [0.1, 0.15) is 44.6 Å². The minimum absolute atomic E-state index is 0.0644. The van der Waals surface area contributed by atoms with Crippen LogP contribution >= 0.6 is 23.2 Å². The highest BCUT2D eigenvalue weighted by Gasteiger charge is 2.29. The molecule has 0 heterocycles. The molecule has 2 N–H and O–H groups in total. The van der Waals surface area contributed by atoms with E-state index < -0.39 is 0 Å². The predicted octanol–water partition coefficient (Wildman–Crippen LogP) is 4.85. The van der Waals surface area contributed by atoms with Gasteiger partial charge in [0.05, 0.1) is 6.10 Å². The van der Waals surface area contributed by atoms with Gasteiger partial charge < -0.3 is 10.5 Å². The topological polar surface area (TPSA) is 35.2 Å². The fourth-order valence-electron chi connectivity index (χ4n) is 3.34. The monoisotopic (exact) mass is 329 g/mol. The lowest BCUT2D eigenvalue weighted by Gasteiger charge is -2.34. The van der Waals surface area contributed by atoms with E-state index >= 15 is 0 Å². The Balaban J connectivity index is 2.09. The number of ether oxygens (including phenoxy) is 1. The van der Waals surface area contributed by atoms with Crippen molar-refractivity contribution in [1.29, 1.82) is 0 Å². The lowest BCUT2D eigenvalue weighted by atomic mass is 9.81. The summed E-state index contributed by atoms with van der Waals surface area (Å²) < 4.78 is 5.98. The molecule has 0 saturated heterocycles. The first-order chi connectivity index (χ1) is 10.1. The smallest absolute Gasteiger partial charge is 0.0757 e. The van der Waals surface area contributed by atoms with Crippen LogP contribution in [0.4, 0.5) is 0 Å². The van der Waals surface area contributed by atoms with E-state index in [0.29, 0.717) is 29.0 Å². The van der Waals surface area contributed by atoms with Crippen LogP contribution in [-0.4, -0.2) is 18.8 Å². The molecule has 1 aromatic carbocycles. The van der Waals surface area contributed by atoms with Crippen LogP contribution in [0.15, 0.2) is 18.2 Å². The van der Waals surface area contributed by atoms with Crippen LogP contribution in [0.5, 0.6) is 0 Å². The third-order valence-corrected chi connectivity index (χ3v) is 5.11. The van der Waals surface area contributed by atoms with Gasteiger partial charge in [0, 0.05) is 22.7 Å². The fraction of sp³-hybridized carbons (Fsp3) is 0.647. The Morgan fingerprint density at radius 2 is 1.81 bits per heavy atom. The van der Waals surface area contributed by atoms with Gasteiger partial charge >= 0.3 is 0 Å². The molecule has 0 radical (unpaired) electrons. The van der Waals surface area contributed by atoms with Crippen molar-refractivity contribution in [3.8, 4) is 0 Å². The highest BCUT2D eigenvalue weighted by atomic mass is 35.5. The fourth-order valence-corrected chi connectivity index (χ4v) is 3.90. The maximum atomic E-state index is 6.46. The van der Waals surface area contributed by atoms with Gasteiger partial charge in [-0.25, -0.2) is 0 Å². The van der Waals surface area contributed by atoms with E-state index in [0.717, 1.165) is 5.56 Å². The van der Waals surface area contributed by atoms with Crippen molar-refractivity contribution < 1.29 is 4.74 Å². The highest BCUT2D eigenvalue weighted by Crippen LogP contribution is 2.32. The van der Waals surface area contributed by atoms with Gasteiger partial charge in [0.25, 0.3) is 0 Å². The summed E-state index contributed by atoms with van der Waals surface area (Å²) in [4.78, 5) is 0. The lowest BCUT2D eigenvalue weighted by molar-refractivity contribution is -0.00911. The van der Waals surface area contributed by atoms with Crippen LogP contribution in [0.3, 0.4) is 0 Å². The molecule has 1 aliphatic carbocycles. The average molecular weight is 330 g/mol. The molecule has 2 unspecified atom stereocenters. The Hall–Kier alpha value is -0.280. The predicted molar refractivity (Wildman–Crippen MR) is 90.1 cm³/mol. The van der Waals surface area contributed by atoms with E-state index in [2.05, 4.69) is 0 Å². The summed E-state index contributed by atoms with van der Waals surface area (Å²) in [6.07, 6.45) is 7.11. The van der Waals surface area contributed by atoms with E-state index in [1.54, 1.807) is 0 Å². The van der Waals surface area contributed by atoms with E-state index in [-0.39, 0.29) is 12.1 Å². The summed E-state index contributed by atoms with van der Waals surface area (Å²) in [6, 6.07) is 5.53. The molecule has 4 heteroatoms. The second kappa shape index (κ2) is 8.38. The molecule has 1 aliphatic rings. The van der Waals surface area contributed by atoms with E-state index in [1.807, 2.05) is 25.1 Å². The molecule has 1 fully saturated rings. The maximum Gasteiger partial charge on any atom is 0.0757 e. The van der Waals surface area contributed by atoms with E-state index in [9.17, 15) is 0 Å². The summed E-state index contributed by atoms with van der Waals surface area (Å²) in [6.45, 7) is 2.73. The molecule has 1 saturated carbocycles. The first-order valence-corrected chi connectivity index (χ1v) is 8.69. The van der Waals surface area contributed by atoms with Crippen LogP contribution in [-0.2, 0) is 11.2 Å². The Kier molecular flexibility index (Phi) is 6.81. The maximum absolute atomic E-state index is 6.46. The average Bonchev–Trinajstić information content (AvgIpc) is 2.49. The first-order valence-electron chi connectivity index (χ1n) is 7.93. The number of rotatable bonds is 6. The van der Waals surface area contributed by atoms with Crippen molar-refractivity contribution in [3.63, 3.8) is 0 Å². The van der Waals surface area contributed by atoms with Crippen molar-refractivity contribution in [2.24, 2.45) is 11.7 Å². The van der Waals surface area contributed by atoms with Gasteiger partial charge in [-0.15, -0.1) is 0 Å². The number of benzene rings is 1. The molecular weight excluding hydrogens is 305 g/mol. The SMILES string of the molecule is CCOC(C(N)Cc1c(Cl)cccc1Cl)C1CCCCC1. The van der Waals surface area contributed by atoms with Gasteiger partial charge in [-0.2, -0.15) is 0 Å². The third-order valence-electron chi connectivity index (χ3n) is 4.40. The Labute approximate surface area is 137 Å². The largest absolute Gasteiger partial charge is 0.377 e. The number of hydrogen-bond acceptors (Lipinski definition) is 2. The zero-order valence-electron chi connectivity index (χ0n) is 12.7. The van der Waals surface area contributed by atoms with E-state index in [1.165, 1.54) is 32.1 Å². The lowest BCUT2D eigenvalue weighted by Crippen LogP contribution is -2.44. The van der Waals surface area contributed by atoms with Gasteiger partial charge in [-0.3, -0.25) is 0 Å². The van der Waals surface area contributed by atoms with Gasteiger partial charge in [0.2, 0.25) is 0 Å². The van der Waals surface area contributed by atoms with E-state index in [4.69, 9.17) is 33.7 Å². The summed E-state index contributed by atoms with van der Waals surface area (Å²) in [5.74, 6) is 0.565. The van der Waals surface area contributed by atoms with Crippen LogP contribution in [0.25, 0.3) is 0 Å². The van der Waals surface area contributed by atoms with Crippen LogP contribution in [0.2, 0.25) is 10.0 Å². The van der Waals surface area contributed by atoms with Crippen molar-refractivity contribution in [2.45, 2.75) is 57.6 Å². The number of halogens is 2. The molecule has 0 aliphatic heterocycles. The van der Waals surface area contributed by atoms with Crippen molar-refractivity contribution >= 4 is 23.2 Å². The van der Waals surface area contributed by atoms with Crippen molar-refractivity contribution in [3.05, 3.63) is 33.8 Å². The molecule has 0 spiro atoms. The summed E-state index contributed by atoms with van der Waals surface area (Å²) >= 11 is 12.5. The van der Waals surface area contributed by atoms with Crippen LogP contribution < -0.4 is 5.73 Å². The third kappa shape index (κ3) is 4.59. The summed E-state index contributed by atoms with van der Waals surface area (Å²) in [7, 11) is 0. The minimum atomic E-state index is -0.0644. The first kappa shape index (κ1) is 17.1. The molecule has 1 aromatic rings. The van der Waals surface area contributed by atoms with Gasteiger partial charge in [0.1, 0.15) is 0 Å². The molecule has 0 amide bonds. The molecule has 2 nitrogen and oxygen atoms in total. The molecule has 21 heavy (non-hydrogen) atoms. The number of nitrogens with two attached hydrogens (primary N) is 1. The molecular formula is C17H25Cl2NO. The standard InChI is InChI=1S/C17H25Cl2NO/c1-2-21-17(12-7-4-3-5-8-12)16(20)11-13-14(18)9-6-10-15(13)19/h6,9-10,12,16-17H,2-5,7-8,11,20H2,1H3.